The fourth-order valence-electron chi connectivity index (χ4n) is 0.853. The molecule has 1 heterocycles. The lowest BCUT2D eigenvalue weighted by Crippen LogP contribution is -2.26. The van der Waals surface area contributed by atoms with Gasteiger partial charge in [-0.2, -0.15) is 13.5 Å². The Morgan fingerprint density at radius 1 is 1.62 bits per heavy atom. The van der Waals surface area contributed by atoms with Crippen LogP contribution in [0, 0.1) is 0 Å². The summed E-state index contributed by atoms with van der Waals surface area (Å²) < 4.78 is 26.6. The molecule has 1 rings (SSSR count). The quantitative estimate of drug-likeness (QED) is 0.637. The first kappa shape index (κ1) is 10.0. The van der Waals surface area contributed by atoms with Crippen molar-refractivity contribution in [2.75, 3.05) is 11.8 Å². The summed E-state index contributed by atoms with van der Waals surface area (Å²) in [5, 5.41) is 6.30. The molecule has 1 aromatic rings. The van der Waals surface area contributed by atoms with Crippen LogP contribution in [0.4, 0.5) is 5.82 Å². The van der Waals surface area contributed by atoms with Crippen LogP contribution in [0.5, 0.6) is 0 Å². The molecular weight excluding hydrogens is 192 g/mol. The SMILES string of the molecule is CCc1cn[nH]c1NS(=O)(=O)NC. The van der Waals surface area contributed by atoms with Crippen molar-refractivity contribution in [3.05, 3.63) is 11.8 Å². The minimum Gasteiger partial charge on any atom is -0.262 e. The van der Waals surface area contributed by atoms with Gasteiger partial charge in [-0.3, -0.25) is 9.82 Å². The summed E-state index contributed by atoms with van der Waals surface area (Å²) in [7, 11) is -2.11. The van der Waals surface area contributed by atoms with Crippen LogP contribution < -0.4 is 9.44 Å². The first-order valence-electron chi connectivity index (χ1n) is 3.82. The molecule has 0 atom stereocenters. The average molecular weight is 204 g/mol. The van der Waals surface area contributed by atoms with Gasteiger partial charge in [-0.15, -0.1) is 0 Å². The minimum atomic E-state index is -3.45. The lowest BCUT2D eigenvalue weighted by atomic mass is 10.3. The second kappa shape index (κ2) is 3.75. The Kier molecular flexibility index (Phi) is 2.89. The van der Waals surface area contributed by atoms with Gasteiger partial charge in [-0.1, -0.05) is 6.92 Å². The highest BCUT2D eigenvalue weighted by Crippen LogP contribution is 2.11. The Morgan fingerprint density at radius 2 is 2.31 bits per heavy atom. The number of anilines is 1. The number of hydrogen-bond acceptors (Lipinski definition) is 3. The number of H-pyrrole nitrogens is 1. The first-order chi connectivity index (χ1) is 6.09. The van der Waals surface area contributed by atoms with Crippen molar-refractivity contribution in [2.45, 2.75) is 13.3 Å². The molecule has 3 N–H and O–H groups in total. The zero-order valence-corrected chi connectivity index (χ0v) is 8.27. The predicted octanol–water partition coefficient (Wildman–Crippen LogP) is -0.152. The third-order valence-electron chi connectivity index (χ3n) is 1.60. The maximum Gasteiger partial charge on any atom is 0.299 e. The van der Waals surface area contributed by atoms with Crippen LogP contribution in [0.25, 0.3) is 0 Å². The molecule has 0 fully saturated rings. The van der Waals surface area contributed by atoms with Crippen LogP contribution in [-0.4, -0.2) is 25.7 Å². The van der Waals surface area contributed by atoms with Crippen LogP contribution in [0.3, 0.4) is 0 Å². The van der Waals surface area contributed by atoms with E-state index in [1.807, 2.05) is 6.92 Å². The topological polar surface area (TPSA) is 86.9 Å². The first-order valence-corrected chi connectivity index (χ1v) is 5.31. The maximum absolute atomic E-state index is 11.1. The van der Waals surface area contributed by atoms with E-state index in [0.717, 1.165) is 12.0 Å². The Balaban J connectivity index is 2.86. The van der Waals surface area contributed by atoms with Crippen molar-refractivity contribution < 1.29 is 8.42 Å². The predicted molar refractivity (Wildman–Crippen MR) is 49.6 cm³/mol. The molecule has 0 saturated carbocycles. The molecule has 7 heteroatoms. The van der Waals surface area contributed by atoms with Gasteiger partial charge in [0.15, 0.2) is 0 Å². The standard InChI is InChI=1S/C6H12N4O2S/c1-3-5-4-8-9-6(5)10-13(11,12)7-2/h4,7H,3H2,1-2H3,(H2,8,9,10). The summed E-state index contributed by atoms with van der Waals surface area (Å²) >= 11 is 0. The molecule has 0 unspecified atom stereocenters. The number of aryl methyl sites for hydroxylation is 1. The fraction of sp³-hybridized carbons (Fsp3) is 0.500. The highest BCUT2D eigenvalue weighted by molar-refractivity contribution is 7.90. The summed E-state index contributed by atoms with van der Waals surface area (Å²) in [4.78, 5) is 0. The molecular formula is C6H12N4O2S. The van der Waals surface area contributed by atoms with Crippen LogP contribution in [-0.2, 0) is 16.6 Å². The largest absolute Gasteiger partial charge is 0.299 e. The molecule has 0 bridgehead atoms. The third kappa shape index (κ3) is 2.43. The van der Waals surface area contributed by atoms with Gasteiger partial charge in [0.2, 0.25) is 0 Å². The zero-order valence-electron chi connectivity index (χ0n) is 7.46. The Labute approximate surface area is 76.9 Å². The van der Waals surface area contributed by atoms with E-state index in [9.17, 15) is 8.42 Å². The summed E-state index contributed by atoms with van der Waals surface area (Å²) in [5.74, 6) is 0.414. The molecule has 0 aliphatic rings. The van der Waals surface area contributed by atoms with Crippen molar-refractivity contribution in [2.24, 2.45) is 0 Å². The summed E-state index contributed by atoms with van der Waals surface area (Å²) in [6.07, 6.45) is 2.31. The molecule has 0 radical (unpaired) electrons. The van der Waals surface area contributed by atoms with Crippen molar-refractivity contribution in [1.82, 2.24) is 14.9 Å². The van der Waals surface area contributed by atoms with E-state index in [1.165, 1.54) is 7.05 Å². The Morgan fingerprint density at radius 3 is 2.85 bits per heavy atom. The van der Waals surface area contributed by atoms with E-state index in [0.29, 0.717) is 5.82 Å². The van der Waals surface area contributed by atoms with Crippen molar-refractivity contribution in [1.29, 1.82) is 0 Å². The van der Waals surface area contributed by atoms with Gasteiger partial charge in [0, 0.05) is 12.6 Å². The number of aromatic nitrogens is 2. The van der Waals surface area contributed by atoms with E-state index in [1.54, 1.807) is 6.20 Å². The molecule has 0 aromatic carbocycles. The highest BCUT2D eigenvalue weighted by atomic mass is 32.2. The van der Waals surface area contributed by atoms with Gasteiger partial charge in [-0.05, 0) is 6.42 Å². The molecule has 0 amide bonds. The normalized spacial score (nSPS) is 11.5. The molecule has 0 spiro atoms. The Hall–Kier alpha value is -1.08. The van der Waals surface area contributed by atoms with Gasteiger partial charge in [0.05, 0.1) is 6.20 Å². The monoisotopic (exact) mass is 204 g/mol. The minimum absolute atomic E-state index is 0.414. The number of nitrogens with zero attached hydrogens (tertiary/aromatic N) is 1. The highest BCUT2D eigenvalue weighted by Gasteiger charge is 2.10. The summed E-state index contributed by atoms with van der Waals surface area (Å²) in [5.41, 5.74) is 0.832. The second-order valence-electron chi connectivity index (χ2n) is 2.43. The third-order valence-corrected chi connectivity index (χ3v) is 2.61. The number of rotatable bonds is 4. The van der Waals surface area contributed by atoms with E-state index in [-0.39, 0.29) is 0 Å². The van der Waals surface area contributed by atoms with E-state index >= 15 is 0 Å². The molecule has 6 nitrogen and oxygen atoms in total. The van der Waals surface area contributed by atoms with Gasteiger partial charge in [0.25, 0.3) is 10.2 Å². The fourth-order valence-corrected chi connectivity index (χ4v) is 1.40. The molecule has 0 aliphatic carbocycles. The van der Waals surface area contributed by atoms with Gasteiger partial charge in [-0.25, -0.2) is 4.72 Å². The maximum atomic E-state index is 11.1. The van der Waals surface area contributed by atoms with Gasteiger partial charge in [0.1, 0.15) is 5.82 Å². The lowest BCUT2D eigenvalue weighted by molar-refractivity contribution is 0.593. The summed E-state index contributed by atoms with van der Waals surface area (Å²) in [6.45, 7) is 1.92. The zero-order chi connectivity index (χ0) is 9.90. The van der Waals surface area contributed by atoms with Crippen LogP contribution in [0.2, 0.25) is 0 Å². The molecule has 74 valence electrons. The van der Waals surface area contributed by atoms with E-state index in [2.05, 4.69) is 19.6 Å². The molecule has 0 aliphatic heterocycles. The average Bonchev–Trinajstić information content (AvgIpc) is 2.51. The second-order valence-corrected chi connectivity index (χ2v) is 4.05. The summed E-state index contributed by atoms with van der Waals surface area (Å²) in [6, 6.07) is 0. The van der Waals surface area contributed by atoms with Gasteiger partial charge >= 0.3 is 0 Å². The van der Waals surface area contributed by atoms with Crippen LogP contribution in [0.15, 0.2) is 6.20 Å². The molecule has 0 saturated heterocycles. The van der Waals surface area contributed by atoms with E-state index in [4.69, 9.17) is 0 Å². The lowest BCUT2D eigenvalue weighted by Gasteiger charge is -2.04. The molecule has 13 heavy (non-hydrogen) atoms. The number of hydrogen-bond donors (Lipinski definition) is 3. The number of aromatic amines is 1. The number of nitrogens with one attached hydrogen (secondary N) is 3. The van der Waals surface area contributed by atoms with Crippen molar-refractivity contribution >= 4 is 16.0 Å². The van der Waals surface area contributed by atoms with Crippen molar-refractivity contribution in [3.63, 3.8) is 0 Å². The van der Waals surface area contributed by atoms with Crippen molar-refractivity contribution in [3.8, 4) is 0 Å². The van der Waals surface area contributed by atoms with E-state index < -0.39 is 10.2 Å². The molecule has 1 aromatic heterocycles. The smallest absolute Gasteiger partial charge is 0.262 e. The van der Waals surface area contributed by atoms with Gasteiger partial charge < -0.3 is 0 Å². The Bertz CT molecular complexity index is 370. The van der Waals surface area contributed by atoms with Crippen LogP contribution >= 0.6 is 0 Å². The van der Waals surface area contributed by atoms with Crippen LogP contribution in [0.1, 0.15) is 12.5 Å².